The minimum Gasteiger partial charge on any atom is -0.504 e. The molecule has 1 aromatic rings. The Bertz CT molecular complexity index is 941. The van der Waals surface area contributed by atoms with E-state index in [9.17, 15) is 18.6 Å². The molecule has 7 nitrogen and oxygen atoms in total. The molecule has 0 unspecified atom stereocenters. The van der Waals surface area contributed by atoms with E-state index in [0.29, 0.717) is 30.5 Å². The standard InChI is InChI=1S/C22H31NO6S/c1-22-7-2-3-17(22)15-5-4-14-13-18(20(24)21(25)19(14)16(15)6-8-22)29-30(26,27)23-9-11-28-12-10-23/h13,15-17,24-25H,2-12H2,1H3/t15-,16+,17+,22+/m1/s1. The number of hydrogen-bond acceptors (Lipinski definition) is 6. The second-order valence-electron chi connectivity index (χ2n) is 9.70. The number of phenols is 2. The summed E-state index contributed by atoms with van der Waals surface area (Å²) in [6, 6.07) is 1.63. The monoisotopic (exact) mass is 437 g/mol. The average Bonchev–Trinajstić information content (AvgIpc) is 3.14. The third kappa shape index (κ3) is 3.19. The van der Waals surface area contributed by atoms with Crippen molar-refractivity contribution in [3.8, 4) is 17.2 Å². The lowest BCUT2D eigenvalue weighted by Crippen LogP contribution is -2.42. The Labute approximate surface area is 178 Å². The molecule has 1 aliphatic heterocycles. The van der Waals surface area contributed by atoms with Crippen LogP contribution in [0.1, 0.15) is 62.5 Å². The minimum atomic E-state index is -4.06. The van der Waals surface area contributed by atoms with Gasteiger partial charge in [0.05, 0.1) is 13.2 Å². The largest absolute Gasteiger partial charge is 0.504 e. The zero-order valence-electron chi connectivity index (χ0n) is 17.5. The van der Waals surface area contributed by atoms with Crippen LogP contribution in [0.2, 0.25) is 0 Å². The van der Waals surface area contributed by atoms with E-state index in [1.165, 1.54) is 23.6 Å². The first kappa shape index (κ1) is 20.4. The van der Waals surface area contributed by atoms with Gasteiger partial charge in [-0.3, -0.25) is 0 Å². The van der Waals surface area contributed by atoms with Crippen LogP contribution in [0.25, 0.3) is 0 Å². The molecule has 0 radical (unpaired) electrons. The number of hydrogen-bond donors (Lipinski definition) is 2. The molecule has 166 valence electrons. The second kappa shape index (κ2) is 7.28. The SMILES string of the molecule is C[C@@]12CCC[C@H]1[C@@H]1CCc3cc(OS(=O)(=O)N4CCOCC4)c(O)c(O)c3[C@H]1CC2. The molecule has 0 spiro atoms. The number of aryl methyl sites for hydroxylation is 1. The number of rotatable bonds is 3. The van der Waals surface area contributed by atoms with Crippen molar-refractivity contribution in [2.45, 2.75) is 57.8 Å². The number of aromatic hydroxyl groups is 2. The highest BCUT2D eigenvalue weighted by Crippen LogP contribution is 2.62. The van der Waals surface area contributed by atoms with Gasteiger partial charge >= 0.3 is 10.3 Å². The van der Waals surface area contributed by atoms with E-state index in [-0.39, 0.29) is 30.5 Å². The van der Waals surface area contributed by atoms with Crippen LogP contribution in [0.4, 0.5) is 0 Å². The fourth-order valence-corrected chi connectivity index (χ4v) is 7.74. The molecule has 1 heterocycles. The summed E-state index contributed by atoms with van der Waals surface area (Å²) in [5.41, 5.74) is 2.13. The number of fused-ring (bicyclic) bond motifs is 5. The summed E-state index contributed by atoms with van der Waals surface area (Å²) in [6.45, 7) is 3.47. The molecule has 3 fully saturated rings. The van der Waals surface area contributed by atoms with Gasteiger partial charge in [0, 0.05) is 18.7 Å². The summed E-state index contributed by atoms with van der Waals surface area (Å²) in [5, 5.41) is 21.6. The molecular formula is C22H31NO6S. The van der Waals surface area contributed by atoms with Gasteiger partial charge in [0.15, 0.2) is 11.5 Å². The van der Waals surface area contributed by atoms with Crippen molar-refractivity contribution in [1.29, 1.82) is 0 Å². The van der Waals surface area contributed by atoms with Crippen molar-refractivity contribution in [3.05, 3.63) is 17.2 Å². The van der Waals surface area contributed by atoms with E-state index in [4.69, 9.17) is 8.92 Å². The van der Waals surface area contributed by atoms with Crippen LogP contribution in [-0.2, 0) is 21.5 Å². The van der Waals surface area contributed by atoms with Crippen molar-refractivity contribution >= 4 is 10.3 Å². The Morgan fingerprint density at radius 2 is 1.90 bits per heavy atom. The molecule has 4 aliphatic rings. The number of phenolic OH excluding ortho intramolecular Hbond substituents is 2. The van der Waals surface area contributed by atoms with Crippen LogP contribution in [0.3, 0.4) is 0 Å². The second-order valence-corrected chi connectivity index (χ2v) is 11.2. The maximum absolute atomic E-state index is 12.6. The quantitative estimate of drug-likeness (QED) is 0.705. The molecule has 0 bridgehead atoms. The molecule has 3 aliphatic carbocycles. The first-order valence-corrected chi connectivity index (χ1v) is 12.5. The number of ether oxygens (including phenoxy) is 1. The Morgan fingerprint density at radius 1 is 1.13 bits per heavy atom. The zero-order chi connectivity index (χ0) is 21.1. The van der Waals surface area contributed by atoms with Crippen LogP contribution in [-0.4, -0.2) is 49.2 Å². The average molecular weight is 438 g/mol. The third-order valence-corrected chi connectivity index (χ3v) is 9.57. The number of benzene rings is 1. The number of nitrogens with zero attached hydrogens (tertiary/aromatic N) is 1. The Morgan fingerprint density at radius 3 is 2.67 bits per heavy atom. The maximum Gasteiger partial charge on any atom is 0.385 e. The van der Waals surface area contributed by atoms with E-state index >= 15 is 0 Å². The molecule has 1 saturated heterocycles. The topological polar surface area (TPSA) is 96.3 Å². The molecular weight excluding hydrogens is 406 g/mol. The van der Waals surface area contributed by atoms with Crippen molar-refractivity contribution < 1.29 is 27.6 Å². The minimum absolute atomic E-state index is 0.183. The lowest BCUT2D eigenvalue weighted by atomic mass is 9.56. The van der Waals surface area contributed by atoms with Crippen molar-refractivity contribution in [1.82, 2.24) is 4.31 Å². The van der Waals surface area contributed by atoms with Crippen molar-refractivity contribution in [3.63, 3.8) is 0 Å². The van der Waals surface area contributed by atoms with Crippen molar-refractivity contribution in [2.24, 2.45) is 17.3 Å². The lowest BCUT2D eigenvalue weighted by Gasteiger charge is -2.49. The summed E-state index contributed by atoms with van der Waals surface area (Å²) in [4.78, 5) is 0. The molecule has 4 atom stereocenters. The molecule has 8 heteroatoms. The Balaban J connectivity index is 1.46. The van der Waals surface area contributed by atoms with E-state index in [1.54, 1.807) is 6.07 Å². The highest BCUT2D eigenvalue weighted by atomic mass is 32.2. The Kier molecular flexibility index (Phi) is 4.95. The van der Waals surface area contributed by atoms with Crippen LogP contribution in [0.15, 0.2) is 6.07 Å². The molecule has 30 heavy (non-hydrogen) atoms. The van der Waals surface area contributed by atoms with Crippen LogP contribution in [0.5, 0.6) is 17.2 Å². The first-order chi connectivity index (χ1) is 14.3. The predicted octanol–water partition coefficient (Wildman–Crippen LogP) is 3.30. The molecule has 0 amide bonds. The van der Waals surface area contributed by atoms with Gasteiger partial charge in [0.25, 0.3) is 0 Å². The lowest BCUT2D eigenvalue weighted by molar-refractivity contribution is 0.0587. The summed E-state index contributed by atoms with van der Waals surface area (Å²) in [7, 11) is -4.06. The summed E-state index contributed by atoms with van der Waals surface area (Å²) < 4.78 is 36.9. The highest BCUT2D eigenvalue weighted by Gasteiger charge is 2.51. The van der Waals surface area contributed by atoms with E-state index < -0.39 is 16.1 Å². The molecule has 2 saturated carbocycles. The van der Waals surface area contributed by atoms with Gasteiger partial charge in [-0.05, 0) is 73.3 Å². The van der Waals surface area contributed by atoms with Crippen LogP contribution < -0.4 is 4.18 Å². The van der Waals surface area contributed by atoms with E-state index in [1.807, 2.05) is 0 Å². The van der Waals surface area contributed by atoms with Gasteiger partial charge in [-0.2, -0.15) is 12.7 Å². The van der Waals surface area contributed by atoms with Gasteiger partial charge in [-0.25, -0.2) is 0 Å². The maximum atomic E-state index is 12.6. The molecule has 0 aromatic heterocycles. The highest BCUT2D eigenvalue weighted by molar-refractivity contribution is 7.84. The summed E-state index contributed by atoms with van der Waals surface area (Å²) in [6.07, 6.45) is 7.77. The van der Waals surface area contributed by atoms with E-state index in [0.717, 1.165) is 36.8 Å². The normalized spacial score (nSPS) is 34.1. The molecule has 5 rings (SSSR count). The van der Waals surface area contributed by atoms with Gasteiger partial charge in [0.2, 0.25) is 5.75 Å². The van der Waals surface area contributed by atoms with Crippen molar-refractivity contribution in [2.75, 3.05) is 26.3 Å². The van der Waals surface area contributed by atoms with Gasteiger partial charge in [-0.1, -0.05) is 13.3 Å². The zero-order valence-corrected chi connectivity index (χ0v) is 18.3. The smallest absolute Gasteiger partial charge is 0.385 e. The fourth-order valence-electron chi connectivity index (χ4n) is 6.68. The molecule has 2 N–H and O–H groups in total. The fraction of sp³-hybridized carbons (Fsp3) is 0.727. The van der Waals surface area contributed by atoms with Crippen LogP contribution in [0, 0.1) is 17.3 Å². The first-order valence-electron chi connectivity index (χ1n) is 11.2. The Hall–Kier alpha value is -1.51. The van der Waals surface area contributed by atoms with Gasteiger partial charge < -0.3 is 19.1 Å². The predicted molar refractivity (Wildman–Crippen MR) is 111 cm³/mol. The van der Waals surface area contributed by atoms with Crippen LogP contribution >= 0.6 is 0 Å². The van der Waals surface area contributed by atoms with Gasteiger partial charge in [-0.15, -0.1) is 0 Å². The van der Waals surface area contributed by atoms with E-state index in [2.05, 4.69) is 6.92 Å². The third-order valence-electron chi connectivity index (χ3n) is 8.18. The number of morpholine rings is 1. The molecule has 1 aromatic carbocycles. The van der Waals surface area contributed by atoms with Gasteiger partial charge in [0.1, 0.15) is 0 Å². The summed E-state index contributed by atoms with van der Waals surface area (Å²) in [5.74, 6) is 0.567. The summed E-state index contributed by atoms with van der Waals surface area (Å²) >= 11 is 0.